The first-order valence-electron chi connectivity index (χ1n) is 12.2. The predicted molar refractivity (Wildman–Crippen MR) is 121 cm³/mol. The molecule has 0 saturated carbocycles. The van der Waals surface area contributed by atoms with Gasteiger partial charge < -0.3 is 52.4 Å². The van der Waals surface area contributed by atoms with Crippen LogP contribution in [0, 0.1) is 0 Å². The number of nitrogens with zero attached hydrogens (tertiary/aromatic N) is 2. The highest BCUT2D eigenvalue weighted by molar-refractivity contribution is 5.70. The molecule has 6 nitrogen and oxygen atoms in total. The lowest BCUT2D eigenvalue weighted by atomic mass is 10.1. The molecular weight excluding hydrogens is 540 g/mol. The lowest BCUT2D eigenvalue weighted by Crippen LogP contribution is -3.00. The van der Waals surface area contributed by atoms with E-state index in [1.165, 1.54) is 25.7 Å². The molecule has 1 rings (SSSR count). The molecular formula is C24H48Br2N2O4. The van der Waals surface area contributed by atoms with E-state index in [1.807, 2.05) is 0 Å². The highest BCUT2D eigenvalue weighted by Gasteiger charge is 2.21. The average molecular weight is 588 g/mol. The fraction of sp³-hybridized carbons (Fsp3) is 0.917. The summed E-state index contributed by atoms with van der Waals surface area (Å²) in [5.74, 6) is -0.144. The van der Waals surface area contributed by atoms with Crippen molar-refractivity contribution in [3.05, 3.63) is 0 Å². The van der Waals surface area contributed by atoms with Crippen molar-refractivity contribution in [1.29, 1.82) is 0 Å². The first-order chi connectivity index (χ1) is 14.2. The number of halogens is 2. The van der Waals surface area contributed by atoms with Crippen molar-refractivity contribution in [3.8, 4) is 0 Å². The number of carbonyl (C=O) groups excluding carboxylic acids is 2. The van der Waals surface area contributed by atoms with Gasteiger partial charge in [-0.3, -0.25) is 0 Å². The number of likely N-dealkylation sites (N-methyl/N-ethyl adjacent to an activating group) is 2. The Hall–Kier alpha value is -0.180. The number of rotatable bonds is 0. The molecule has 0 aromatic heterocycles. The van der Waals surface area contributed by atoms with E-state index in [4.69, 9.17) is 9.47 Å². The predicted octanol–water partition coefficient (Wildman–Crippen LogP) is -2.07. The van der Waals surface area contributed by atoms with Crippen molar-refractivity contribution in [1.82, 2.24) is 0 Å². The van der Waals surface area contributed by atoms with Gasteiger partial charge in [0.1, 0.15) is 0 Å². The lowest BCUT2D eigenvalue weighted by molar-refractivity contribution is -0.883. The topological polar surface area (TPSA) is 52.6 Å². The molecule has 1 aliphatic heterocycles. The van der Waals surface area contributed by atoms with Crippen LogP contribution in [0.15, 0.2) is 0 Å². The maximum atomic E-state index is 12.1. The molecule has 0 N–H and O–H groups in total. The van der Waals surface area contributed by atoms with Crippen LogP contribution < -0.4 is 34.0 Å². The smallest absolute Gasteiger partial charge is 0.361 e. The number of esters is 2. The van der Waals surface area contributed by atoms with Gasteiger partial charge >= 0.3 is 11.9 Å². The quantitative estimate of drug-likeness (QED) is 0.241. The highest BCUT2D eigenvalue weighted by atomic mass is 79.9. The van der Waals surface area contributed by atoms with Crippen LogP contribution in [0.25, 0.3) is 0 Å². The molecule has 0 aromatic rings. The van der Waals surface area contributed by atoms with Gasteiger partial charge in [-0.2, -0.15) is 0 Å². The minimum Gasteiger partial charge on any atom is -1.00 e. The third kappa shape index (κ3) is 19.3. The van der Waals surface area contributed by atoms with Crippen LogP contribution in [-0.2, 0) is 19.1 Å². The Balaban J connectivity index is 0. The van der Waals surface area contributed by atoms with Crippen molar-refractivity contribution < 1.29 is 62.0 Å². The van der Waals surface area contributed by atoms with Gasteiger partial charge in [0.2, 0.25) is 0 Å². The fourth-order valence-corrected chi connectivity index (χ4v) is 4.02. The third-order valence-corrected chi connectivity index (χ3v) is 5.96. The largest absolute Gasteiger partial charge is 1.00 e. The fourth-order valence-electron chi connectivity index (χ4n) is 4.02. The standard InChI is InChI=1S/C24H48N2O4.2BrH/c1-25(2)17-13-9-5-6-10-14-18-26(3,4)22-24(28)30-20-16-12-8-7-11-15-19-29-23(27)21-25;;/h5-22H2,1-4H3;2*1H/q+2;;/p-2. The summed E-state index contributed by atoms with van der Waals surface area (Å²) >= 11 is 0. The average Bonchev–Trinajstić information content (AvgIpc) is 2.63. The van der Waals surface area contributed by atoms with Crippen molar-refractivity contribution in [2.75, 3.05) is 67.6 Å². The van der Waals surface area contributed by atoms with Crippen LogP contribution in [0.5, 0.6) is 0 Å². The number of quaternary nitrogens is 2. The molecule has 1 aliphatic rings. The Bertz CT molecular complexity index is 458. The van der Waals surface area contributed by atoms with Crippen LogP contribution in [0.2, 0.25) is 0 Å². The van der Waals surface area contributed by atoms with Gasteiger partial charge in [0.15, 0.2) is 13.1 Å². The lowest BCUT2D eigenvalue weighted by Gasteiger charge is -2.29. The summed E-state index contributed by atoms with van der Waals surface area (Å²) in [6, 6.07) is 0. The minimum absolute atomic E-state index is 0. The Morgan fingerprint density at radius 3 is 1.12 bits per heavy atom. The maximum Gasteiger partial charge on any atom is 0.361 e. The molecule has 0 aromatic carbocycles. The summed E-state index contributed by atoms with van der Waals surface area (Å²) in [4.78, 5) is 24.2. The normalized spacial score (nSPS) is 23.2. The first-order valence-corrected chi connectivity index (χ1v) is 12.2. The second-order valence-electron chi connectivity index (χ2n) is 10.3. The Morgan fingerprint density at radius 1 is 0.500 bits per heavy atom. The molecule has 1 fully saturated rings. The number of carbonyl (C=O) groups is 2. The molecule has 0 unspecified atom stereocenters. The number of ether oxygens (including phenoxy) is 2. The first kappa shape index (κ1) is 34.0. The van der Waals surface area contributed by atoms with Crippen LogP contribution in [0.3, 0.4) is 0 Å². The zero-order chi connectivity index (χ0) is 22.3. The molecule has 0 radical (unpaired) electrons. The molecule has 8 heteroatoms. The van der Waals surface area contributed by atoms with Gasteiger partial charge in [-0.05, 0) is 38.5 Å². The molecule has 0 atom stereocenters. The van der Waals surface area contributed by atoms with E-state index in [-0.39, 0.29) is 45.9 Å². The van der Waals surface area contributed by atoms with Gasteiger partial charge in [0, 0.05) is 0 Å². The minimum atomic E-state index is -0.0722. The molecule has 192 valence electrons. The van der Waals surface area contributed by atoms with E-state index in [0.29, 0.717) is 35.3 Å². The molecule has 1 saturated heterocycles. The van der Waals surface area contributed by atoms with E-state index in [0.717, 1.165) is 64.5 Å². The summed E-state index contributed by atoms with van der Waals surface area (Å²) in [5.41, 5.74) is 0. The Morgan fingerprint density at radius 2 is 0.781 bits per heavy atom. The summed E-state index contributed by atoms with van der Waals surface area (Å²) < 4.78 is 12.3. The SMILES string of the molecule is C[N+]1(C)CCCCCCCC[N+](C)(C)CC(=O)OCCCCCCCCOC(=O)C1.[Br-].[Br-]. The van der Waals surface area contributed by atoms with Crippen LogP contribution >= 0.6 is 0 Å². The Kier molecular flexibility index (Phi) is 20.4. The van der Waals surface area contributed by atoms with Gasteiger partial charge in [-0.1, -0.05) is 38.5 Å². The van der Waals surface area contributed by atoms with E-state index in [1.54, 1.807) is 0 Å². The molecule has 0 aliphatic carbocycles. The van der Waals surface area contributed by atoms with Crippen molar-refractivity contribution in [2.45, 2.75) is 77.0 Å². The van der Waals surface area contributed by atoms with E-state index >= 15 is 0 Å². The molecule has 1 heterocycles. The van der Waals surface area contributed by atoms with Crippen LogP contribution in [0.1, 0.15) is 77.0 Å². The molecule has 0 spiro atoms. The number of hydrogen-bond acceptors (Lipinski definition) is 4. The zero-order valence-electron chi connectivity index (χ0n) is 21.0. The van der Waals surface area contributed by atoms with Crippen molar-refractivity contribution in [3.63, 3.8) is 0 Å². The zero-order valence-corrected chi connectivity index (χ0v) is 24.2. The van der Waals surface area contributed by atoms with E-state index in [2.05, 4.69) is 28.2 Å². The summed E-state index contributed by atoms with van der Waals surface area (Å²) in [5, 5.41) is 0. The van der Waals surface area contributed by atoms with Crippen molar-refractivity contribution >= 4 is 11.9 Å². The Labute approximate surface area is 218 Å². The maximum absolute atomic E-state index is 12.1. The molecule has 0 amide bonds. The van der Waals surface area contributed by atoms with Crippen LogP contribution in [0.4, 0.5) is 0 Å². The highest BCUT2D eigenvalue weighted by Crippen LogP contribution is 2.11. The van der Waals surface area contributed by atoms with Gasteiger partial charge in [-0.25, -0.2) is 9.59 Å². The summed E-state index contributed by atoms with van der Waals surface area (Å²) in [6.07, 6.45) is 13.5. The number of cyclic esters (lactones) is 2. The van der Waals surface area contributed by atoms with Crippen molar-refractivity contribution in [2.24, 2.45) is 0 Å². The second-order valence-corrected chi connectivity index (χ2v) is 10.3. The van der Waals surface area contributed by atoms with E-state index in [9.17, 15) is 9.59 Å². The second kappa shape index (κ2) is 19.2. The summed E-state index contributed by atoms with van der Waals surface area (Å²) in [6.45, 7) is 4.02. The van der Waals surface area contributed by atoms with E-state index < -0.39 is 0 Å². The monoisotopic (exact) mass is 586 g/mol. The van der Waals surface area contributed by atoms with Gasteiger partial charge in [-0.15, -0.1) is 0 Å². The molecule has 0 bridgehead atoms. The number of hydrogen-bond donors (Lipinski definition) is 0. The summed E-state index contributed by atoms with van der Waals surface area (Å²) in [7, 11) is 8.49. The molecule has 32 heavy (non-hydrogen) atoms. The van der Waals surface area contributed by atoms with Gasteiger partial charge in [0.25, 0.3) is 0 Å². The third-order valence-electron chi connectivity index (χ3n) is 5.96. The van der Waals surface area contributed by atoms with Crippen LogP contribution in [-0.4, -0.2) is 88.5 Å². The van der Waals surface area contributed by atoms with Gasteiger partial charge in [0.05, 0.1) is 54.5 Å².